The lowest BCUT2D eigenvalue weighted by Crippen LogP contribution is -2.48. The van der Waals surface area contributed by atoms with Crippen molar-refractivity contribution in [2.45, 2.75) is 45.1 Å². The first-order chi connectivity index (χ1) is 12.6. The van der Waals surface area contributed by atoms with E-state index in [1.807, 2.05) is 43.3 Å². The largest absolute Gasteiger partial charge is 0.481 e. The molecule has 1 aliphatic carbocycles. The van der Waals surface area contributed by atoms with Crippen molar-refractivity contribution in [1.82, 2.24) is 10.2 Å². The van der Waals surface area contributed by atoms with Crippen LogP contribution in [0.3, 0.4) is 0 Å². The molecule has 1 heterocycles. The third-order valence-electron chi connectivity index (χ3n) is 5.18. The minimum Gasteiger partial charge on any atom is -0.481 e. The highest BCUT2D eigenvalue weighted by Gasteiger charge is 2.36. The molecule has 2 fully saturated rings. The zero-order valence-electron chi connectivity index (χ0n) is 16.0. The number of carboxylic acid groups (broad SMARTS) is 1. The van der Waals surface area contributed by atoms with Crippen LogP contribution in [0.4, 0.5) is 0 Å². The Morgan fingerprint density at radius 2 is 1.73 bits per heavy atom. The number of nitrogens with zero attached hydrogens (tertiary/aromatic N) is 1. The number of benzene rings is 1. The molecule has 0 amide bonds. The molecule has 1 saturated carbocycles. The lowest BCUT2D eigenvalue weighted by Gasteiger charge is -2.42. The summed E-state index contributed by atoms with van der Waals surface area (Å²) in [5.41, 5.74) is 0.248. The zero-order valence-corrected chi connectivity index (χ0v) is 16.0. The topological polar surface area (TPSA) is 61.8 Å². The Morgan fingerprint density at radius 3 is 2.19 bits per heavy atom. The Bertz CT molecular complexity index is 471. The van der Waals surface area contributed by atoms with Gasteiger partial charge in [0.25, 0.3) is 0 Å². The van der Waals surface area contributed by atoms with Gasteiger partial charge >= 0.3 is 5.97 Å². The predicted octanol–water partition coefficient (Wildman–Crippen LogP) is 3.02. The number of ether oxygens (including phenoxy) is 1. The molecule has 1 saturated heterocycles. The van der Waals surface area contributed by atoms with Crippen molar-refractivity contribution >= 4 is 5.97 Å². The van der Waals surface area contributed by atoms with E-state index in [0.717, 1.165) is 51.7 Å². The van der Waals surface area contributed by atoms with Crippen LogP contribution in [0, 0.1) is 5.41 Å². The average molecular weight is 363 g/mol. The second kappa shape index (κ2) is 11.3. The molecule has 2 aliphatic rings. The van der Waals surface area contributed by atoms with Crippen molar-refractivity contribution in [1.29, 1.82) is 0 Å². The monoisotopic (exact) mass is 362 g/mol. The van der Waals surface area contributed by atoms with Gasteiger partial charge in [-0.3, -0.25) is 4.79 Å². The van der Waals surface area contributed by atoms with Crippen molar-refractivity contribution in [3.05, 3.63) is 36.4 Å². The van der Waals surface area contributed by atoms with Gasteiger partial charge in [0.05, 0.1) is 13.0 Å². The molecular weight excluding hydrogens is 328 g/mol. The smallest absolute Gasteiger partial charge is 0.304 e. The second-order valence-corrected chi connectivity index (χ2v) is 7.43. The van der Waals surface area contributed by atoms with Crippen molar-refractivity contribution in [3.8, 4) is 0 Å². The summed E-state index contributed by atoms with van der Waals surface area (Å²) in [6.07, 6.45) is 5.09. The molecule has 5 heteroatoms. The summed E-state index contributed by atoms with van der Waals surface area (Å²) in [6, 6.07) is 12.7. The summed E-state index contributed by atoms with van der Waals surface area (Å²) in [7, 11) is 0. The Balaban J connectivity index is 0.000000342. The van der Waals surface area contributed by atoms with Gasteiger partial charge in [-0.15, -0.1) is 0 Å². The Kier molecular flexibility index (Phi) is 9.09. The van der Waals surface area contributed by atoms with Crippen LogP contribution >= 0.6 is 0 Å². The minimum atomic E-state index is -0.702. The van der Waals surface area contributed by atoms with Gasteiger partial charge in [0.15, 0.2) is 0 Å². The molecule has 1 aliphatic heterocycles. The summed E-state index contributed by atoms with van der Waals surface area (Å²) in [5, 5.41) is 12.4. The molecule has 0 bridgehead atoms. The Morgan fingerprint density at radius 1 is 1.15 bits per heavy atom. The Hall–Kier alpha value is -1.43. The van der Waals surface area contributed by atoms with E-state index in [9.17, 15) is 4.79 Å². The highest BCUT2D eigenvalue weighted by atomic mass is 16.5. The number of carboxylic acids is 1. The lowest BCUT2D eigenvalue weighted by atomic mass is 9.78. The van der Waals surface area contributed by atoms with Crippen LogP contribution in [0.1, 0.15) is 39.0 Å². The van der Waals surface area contributed by atoms with Crippen LogP contribution in [-0.4, -0.2) is 61.4 Å². The van der Waals surface area contributed by atoms with E-state index in [1.54, 1.807) is 0 Å². The first kappa shape index (κ1) is 20.9. The molecule has 0 aromatic heterocycles. The third-order valence-corrected chi connectivity index (χ3v) is 5.18. The highest BCUT2D eigenvalue weighted by Crippen LogP contribution is 2.33. The number of nitrogens with one attached hydrogen (secondary N) is 1. The van der Waals surface area contributed by atoms with Gasteiger partial charge in [-0.2, -0.15) is 0 Å². The number of aliphatic carboxylic acids is 1. The molecule has 0 spiro atoms. The summed E-state index contributed by atoms with van der Waals surface area (Å²) in [6.45, 7) is 7.36. The van der Waals surface area contributed by atoms with E-state index in [4.69, 9.17) is 9.84 Å². The SMILES string of the molecule is CCOCC1(CNC2CC2)CCN(CCC(=O)O)CC1.c1ccccc1. The van der Waals surface area contributed by atoms with E-state index < -0.39 is 5.97 Å². The number of hydrogen-bond donors (Lipinski definition) is 2. The number of hydrogen-bond acceptors (Lipinski definition) is 4. The zero-order chi connectivity index (χ0) is 18.7. The van der Waals surface area contributed by atoms with Gasteiger partial charge in [-0.05, 0) is 45.7 Å². The van der Waals surface area contributed by atoms with Crippen molar-refractivity contribution in [2.24, 2.45) is 5.41 Å². The van der Waals surface area contributed by atoms with Crippen LogP contribution in [0.15, 0.2) is 36.4 Å². The Labute approximate surface area is 157 Å². The summed E-state index contributed by atoms with van der Waals surface area (Å²) < 4.78 is 5.71. The first-order valence-electron chi connectivity index (χ1n) is 9.89. The van der Waals surface area contributed by atoms with Crippen LogP contribution in [0.2, 0.25) is 0 Å². The minimum absolute atomic E-state index is 0.248. The van der Waals surface area contributed by atoms with E-state index in [1.165, 1.54) is 12.8 Å². The molecule has 0 atom stereocenters. The average Bonchev–Trinajstić information content (AvgIpc) is 3.51. The van der Waals surface area contributed by atoms with Gasteiger partial charge in [0.2, 0.25) is 0 Å². The van der Waals surface area contributed by atoms with Crippen LogP contribution in [0.5, 0.6) is 0 Å². The normalized spacial score (nSPS) is 19.4. The summed E-state index contributed by atoms with van der Waals surface area (Å²) in [4.78, 5) is 12.9. The fourth-order valence-corrected chi connectivity index (χ4v) is 3.23. The molecule has 5 nitrogen and oxygen atoms in total. The lowest BCUT2D eigenvalue weighted by molar-refractivity contribution is -0.137. The highest BCUT2D eigenvalue weighted by molar-refractivity contribution is 5.66. The van der Waals surface area contributed by atoms with E-state index in [-0.39, 0.29) is 11.8 Å². The summed E-state index contributed by atoms with van der Waals surface area (Å²) in [5.74, 6) is -0.702. The molecule has 26 heavy (non-hydrogen) atoms. The molecule has 3 rings (SSSR count). The molecule has 1 aromatic rings. The molecule has 1 aromatic carbocycles. The predicted molar refractivity (Wildman–Crippen MR) is 104 cm³/mol. The van der Waals surface area contributed by atoms with E-state index >= 15 is 0 Å². The molecule has 0 unspecified atom stereocenters. The van der Waals surface area contributed by atoms with E-state index in [0.29, 0.717) is 6.54 Å². The molecule has 0 radical (unpaired) electrons. The number of piperidine rings is 1. The first-order valence-corrected chi connectivity index (χ1v) is 9.89. The standard InChI is InChI=1S/C15H28N2O3.C6H6/c1-2-20-12-15(11-16-13-3-4-13)6-9-17(10-7-15)8-5-14(18)19;1-2-4-6-5-3-1/h13,16H,2-12H2,1H3,(H,18,19);1-6H. The number of rotatable bonds is 9. The van der Waals surface area contributed by atoms with Gasteiger partial charge in [-0.1, -0.05) is 36.4 Å². The van der Waals surface area contributed by atoms with Gasteiger partial charge < -0.3 is 20.1 Å². The maximum absolute atomic E-state index is 10.6. The molecule has 2 N–H and O–H groups in total. The summed E-state index contributed by atoms with van der Waals surface area (Å²) >= 11 is 0. The van der Waals surface area contributed by atoms with Crippen LogP contribution < -0.4 is 5.32 Å². The fourth-order valence-electron chi connectivity index (χ4n) is 3.23. The number of carbonyl (C=O) groups is 1. The third kappa shape index (κ3) is 8.30. The van der Waals surface area contributed by atoms with Crippen LogP contribution in [-0.2, 0) is 9.53 Å². The van der Waals surface area contributed by atoms with Crippen molar-refractivity contribution in [2.75, 3.05) is 39.4 Å². The van der Waals surface area contributed by atoms with Gasteiger partial charge in [0, 0.05) is 31.2 Å². The van der Waals surface area contributed by atoms with Crippen molar-refractivity contribution < 1.29 is 14.6 Å². The second-order valence-electron chi connectivity index (χ2n) is 7.43. The van der Waals surface area contributed by atoms with E-state index in [2.05, 4.69) is 10.2 Å². The van der Waals surface area contributed by atoms with Gasteiger partial charge in [0.1, 0.15) is 0 Å². The van der Waals surface area contributed by atoms with Crippen LogP contribution in [0.25, 0.3) is 0 Å². The van der Waals surface area contributed by atoms with Crippen molar-refractivity contribution in [3.63, 3.8) is 0 Å². The number of likely N-dealkylation sites (tertiary alicyclic amines) is 1. The fraction of sp³-hybridized carbons (Fsp3) is 0.667. The molecule has 146 valence electrons. The quantitative estimate of drug-likeness (QED) is 0.707. The maximum Gasteiger partial charge on any atom is 0.304 e. The maximum atomic E-state index is 10.6. The van der Waals surface area contributed by atoms with Gasteiger partial charge in [-0.25, -0.2) is 0 Å². The molecular formula is C21H34N2O3.